The van der Waals surface area contributed by atoms with E-state index in [4.69, 9.17) is 0 Å². The molecule has 0 aromatic carbocycles. The zero-order chi connectivity index (χ0) is 17.2. The molecule has 2 heterocycles. The minimum atomic E-state index is -3.58. The van der Waals surface area contributed by atoms with E-state index in [2.05, 4.69) is 10.4 Å². The van der Waals surface area contributed by atoms with Crippen molar-refractivity contribution >= 4 is 16.1 Å². The minimum Gasteiger partial charge on any atom is -0.338 e. The third-order valence-electron chi connectivity index (χ3n) is 4.09. The molecule has 1 aliphatic rings. The predicted molar refractivity (Wildman–Crippen MR) is 86.7 cm³/mol. The summed E-state index contributed by atoms with van der Waals surface area (Å²) in [7, 11) is -1.84. The SMILES string of the molecule is CCCNC(=O)N1CCN(S(=O)(=O)c2c(C)nn(C)c2C)CC1. The van der Waals surface area contributed by atoms with Gasteiger partial charge in [0.2, 0.25) is 10.0 Å². The summed E-state index contributed by atoms with van der Waals surface area (Å²) in [6.45, 7) is 7.47. The molecule has 1 N–H and O–H groups in total. The standard InChI is InChI=1S/C14H25N5O3S/c1-5-6-15-14(20)18-7-9-19(10-8-18)23(21,22)13-11(2)16-17(4)12(13)3/h5-10H2,1-4H3,(H,15,20). The van der Waals surface area contributed by atoms with Crippen LogP contribution in [0.3, 0.4) is 0 Å². The Hall–Kier alpha value is -1.61. The molecule has 0 aliphatic carbocycles. The molecule has 9 heteroatoms. The second-order valence-electron chi connectivity index (χ2n) is 5.75. The molecule has 23 heavy (non-hydrogen) atoms. The van der Waals surface area contributed by atoms with Crippen molar-refractivity contribution < 1.29 is 13.2 Å². The van der Waals surface area contributed by atoms with Gasteiger partial charge in [-0.25, -0.2) is 13.2 Å². The van der Waals surface area contributed by atoms with Crippen LogP contribution in [0.2, 0.25) is 0 Å². The Morgan fingerprint density at radius 2 is 1.83 bits per heavy atom. The molecule has 1 saturated heterocycles. The summed E-state index contributed by atoms with van der Waals surface area (Å²) in [6, 6.07) is -0.127. The van der Waals surface area contributed by atoms with Crippen LogP contribution in [0.15, 0.2) is 4.90 Å². The first kappa shape index (κ1) is 17.7. The Morgan fingerprint density at radius 3 is 2.30 bits per heavy atom. The van der Waals surface area contributed by atoms with Gasteiger partial charge in [-0.05, 0) is 20.3 Å². The second kappa shape index (κ2) is 6.88. The highest BCUT2D eigenvalue weighted by Crippen LogP contribution is 2.23. The van der Waals surface area contributed by atoms with E-state index in [0.717, 1.165) is 6.42 Å². The van der Waals surface area contributed by atoms with Gasteiger partial charge in [-0.1, -0.05) is 6.92 Å². The summed E-state index contributed by atoms with van der Waals surface area (Å²) in [5.74, 6) is 0. The summed E-state index contributed by atoms with van der Waals surface area (Å²) in [4.78, 5) is 13.9. The fourth-order valence-corrected chi connectivity index (χ4v) is 4.55. The molecule has 130 valence electrons. The molecule has 1 fully saturated rings. The van der Waals surface area contributed by atoms with Crippen LogP contribution in [0, 0.1) is 13.8 Å². The molecule has 8 nitrogen and oxygen atoms in total. The highest BCUT2D eigenvalue weighted by molar-refractivity contribution is 7.89. The first-order valence-electron chi connectivity index (χ1n) is 7.82. The summed E-state index contributed by atoms with van der Waals surface area (Å²) in [5.41, 5.74) is 1.14. The molecular weight excluding hydrogens is 318 g/mol. The third kappa shape index (κ3) is 3.50. The summed E-state index contributed by atoms with van der Waals surface area (Å²) in [5, 5.41) is 7.00. The van der Waals surface area contributed by atoms with Crippen LogP contribution in [0.25, 0.3) is 0 Å². The van der Waals surface area contributed by atoms with Crippen LogP contribution in [0.4, 0.5) is 4.79 Å². The van der Waals surface area contributed by atoms with Crippen molar-refractivity contribution in [1.82, 2.24) is 24.3 Å². The molecule has 0 atom stereocenters. The molecule has 1 aliphatic heterocycles. The van der Waals surface area contributed by atoms with Crippen LogP contribution in [0.1, 0.15) is 24.7 Å². The molecule has 2 rings (SSSR count). The molecule has 2 amide bonds. The highest BCUT2D eigenvalue weighted by atomic mass is 32.2. The maximum absolute atomic E-state index is 12.8. The number of nitrogens with zero attached hydrogens (tertiary/aromatic N) is 4. The summed E-state index contributed by atoms with van der Waals surface area (Å²) in [6.07, 6.45) is 0.875. The number of hydrogen-bond acceptors (Lipinski definition) is 4. The lowest BCUT2D eigenvalue weighted by Crippen LogP contribution is -2.53. The van der Waals surface area contributed by atoms with E-state index in [9.17, 15) is 13.2 Å². The predicted octanol–water partition coefficient (Wildman–Crippen LogP) is 0.463. The van der Waals surface area contributed by atoms with Gasteiger partial charge in [0.1, 0.15) is 4.90 Å². The fourth-order valence-electron chi connectivity index (χ4n) is 2.73. The van der Waals surface area contributed by atoms with Crippen molar-refractivity contribution in [2.24, 2.45) is 7.05 Å². The maximum atomic E-state index is 12.8. The molecule has 1 aromatic rings. The number of sulfonamides is 1. The lowest BCUT2D eigenvalue weighted by Gasteiger charge is -2.34. The quantitative estimate of drug-likeness (QED) is 0.860. The number of urea groups is 1. The number of carbonyl (C=O) groups excluding carboxylic acids is 1. The van der Waals surface area contributed by atoms with E-state index >= 15 is 0 Å². The van der Waals surface area contributed by atoms with Gasteiger partial charge in [-0.2, -0.15) is 9.40 Å². The van der Waals surface area contributed by atoms with Gasteiger partial charge in [0.05, 0.1) is 11.4 Å². The van der Waals surface area contributed by atoms with Gasteiger partial charge in [0, 0.05) is 39.8 Å². The van der Waals surface area contributed by atoms with Gasteiger partial charge in [-0.15, -0.1) is 0 Å². The van der Waals surface area contributed by atoms with E-state index in [1.807, 2.05) is 6.92 Å². The number of hydrogen-bond donors (Lipinski definition) is 1. The topological polar surface area (TPSA) is 87.5 Å². The van der Waals surface area contributed by atoms with Crippen LogP contribution >= 0.6 is 0 Å². The van der Waals surface area contributed by atoms with E-state index in [1.165, 1.54) is 4.31 Å². The average Bonchev–Trinajstić information content (AvgIpc) is 2.78. The molecule has 0 bridgehead atoms. The van der Waals surface area contributed by atoms with E-state index < -0.39 is 10.0 Å². The summed E-state index contributed by atoms with van der Waals surface area (Å²) < 4.78 is 28.7. The van der Waals surface area contributed by atoms with E-state index in [1.54, 1.807) is 30.5 Å². The number of nitrogens with one attached hydrogen (secondary N) is 1. The first-order valence-corrected chi connectivity index (χ1v) is 9.26. The Labute approximate surface area is 137 Å². The number of piperazine rings is 1. The van der Waals surface area contributed by atoms with Gasteiger partial charge in [-0.3, -0.25) is 4.68 Å². The number of rotatable bonds is 4. The lowest BCUT2D eigenvalue weighted by atomic mass is 10.4. The van der Waals surface area contributed by atoms with E-state index in [-0.39, 0.29) is 10.9 Å². The third-order valence-corrected chi connectivity index (χ3v) is 6.24. The van der Waals surface area contributed by atoms with Crippen molar-refractivity contribution in [1.29, 1.82) is 0 Å². The molecule has 1 aromatic heterocycles. The smallest absolute Gasteiger partial charge is 0.317 e. The Kier molecular flexibility index (Phi) is 5.30. The Balaban J connectivity index is 2.08. The highest BCUT2D eigenvalue weighted by Gasteiger charge is 2.33. The van der Waals surface area contributed by atoms with Gasteiger partial charge >= 0.3 is 6.03 Å². The van der Waals surface area contributed by atoms with Crippen molar-refractivity contribution in [2.75, 3.05) is 32.7 Å². The molecule has 0 unspecified atom stereocenters. The molecule has 0 spiro atoms. The largest absolute Gasteiger partial charge is 0.338 e. The second-order valence-corrected chi connectivity index (χ2v) is 7.62. The summed E-state index contributed by atoms with van der Waals surface area (Å²) >= 11 is 0. The molecule has 0 saturated carbocycles. The normalized spacial score (nSPS) is 16.6. The van der Waals surface area contributed by atoms with Crippen molar-refractivity contribution in [2.45, 2.75) is 32.1 Å². The first-order chi connectivity index (χ1) is 10.8. The maximum Gasteiger partial charge on any atom is 0.317 e. The minimum absolute atomic E-state index is 0.127. The lowest BCUT2D eigenvalue weighted by molar-refractivity contribution is 0.172. The van der Waals surface area contributed by atoms with Gasteiger partial charge in [0.25, 0.3) is 0 Å². The van der Waals surface area contributed by atoms with Crippen LogP contribution < -0.4 is 5.32 Å². The zero-order valence-corrected chi connectivity index (χ0v) is 15.0. The molecule has 0 radical (unpaired) electrons. The average molecular weight is 343 g/mol. The van der Waals surface area contributed by atoms with Crippen molar-refractivity contribution in [3.8, 4) is 0 Å². The Morgan fingerprint density at radius 1 is 1.22 bits per heavy atom. The zero-order valence-electron chi connectivity index (χ0n) is 14.2. The van der Waals surface area contributed by atoms with Crippen molar-refractivity contribution in [3.05, 3.63) is 11.4 Å². The number of amides is 2. The number of aromatic nitrogens is 2. The fraction of sp³-hybridized carbons (Fsp3) is 0.714. The molecular formula is C14H25N5O3S. The van der Waals surface area contributed by atoms with Crippen molar-refractivity contribution in [3.63, 3.8) is 0 Å². The van der Waals surface area contributed by atoms with E-state index in [0.29, 0.717) is 44.1 Å². The Bertz CT molecular complexity index is 675. The number of aryl methyl sites for hydroxylation is 2. The number of carbonyl (C=O) groups is 1. The van der Waals surface area contributed by atoms with Crippen LogP contribution in [0.5, 0.6) is 0 Å². The van der Waals surface area contributed by atoms with Crippen LogP contribution in [-0.2, 0) is 17.1 Å². The monoisotopic (exact) mass is 343 g/mol. The van der Waals surface area contributed by atoms with Gasteiger partial charge in [0.15, 0.2) is 0 Å². The van der Waals surface area contributed by atoms with Gasteiger partial charge < -0.3 is 10.2 Å². The van der Waals surface area contributed by atoms with Crippen LogP contribution in [-0.4, -0.2) is 66.2 Å².